The third kappa shape index (κ3) is 3.86. The summed E-state index contributed by atoms with van der Waals surface area (Å²) < 4.78 is 5.05. The third-order valence-electron chi connectivity index (χ3n) is 10.5. The summed E-state index contributed by atoms with van der Waals surface area (Å²) in [4.78, 5) is 26.7. The Balaban J connectivity index is 1.27. The molecule has 0 aliphatic heterocycles. The molecule has 7 nitrogen and oxygen atoms in total. The molecule has 7 heteroatoms. The van der Waals surface area contributed by atoms with Gasteiger partial charge in [0.2, 0.25) is 0 Å². The minimum atomic E-state index is -1.40. The van der Waals surface area contributed by atoms with Crippen molar-refractivity contribution in [3.05, 3.63) is 81.7 Å². The minimum absolute atomic E-state index is 0.000637. The van der Waals surface area contributed by atoms with Gasteiger partial charge in [-0.05, 0) is 103 Å². The Hall–Kier alpha value is -3.48. The normalized spacial score (nSPS) is 33.7. The molecule has 38 heavy (non-hydrogen) atoms. The van der Waals surface area contributed by atoms with Gasteiger partial charge in [0.25, 0.3) is 5.69 Å². The Morgan fingerprint density at radius 1 is 1.11 bits per heavy atom. The predicted molar refractivity (Wildman–Crippen MR) is 144 cm³/mol. The first-order valence-corrected chi connectivity index (χ1v) is 13.7. The molecule has 2 fully saturated rings. The molecular formula is C31H34N2O5. The van der Waals surface area contributed by atoms with Gasteiger partial charge in [-0.2, -0.15) is 0 Å². The summed E-state index contributed by atoms with van der Waals surface area (Å²) >= 11 is 0. The number of non-ortho nitro benzene ring substituents is 1. The molecule has 0 bridgehead atoms. The van der Waals surface area contributed by atoms with Gasteiger partial charge < -0.3 is 9.84 Å². The number of aromatic nitrogens is 1. The first-order chi connectivity index (χ1) is 18.2. The van der Waals surface area contributed by atoms with Crippen LogP contribution in [0.25, 0.3) is 5.57 Å². The Morgan fingerprint density at radius 2 is 1.92 bits per heavy atom. The van der Waals surface area contributed by atoms with Crippen molar-refractivity contribution in [3.63, 3.8) is 0 Å². The van der Waals surface area contributed by atoms with E-state index in [1.165, 1.54) is 47.8 Å². The van der Waals surface area contributed by atoms with Crippen LogP contribution in [-0.2, 0) is 0 Å². The maximum atomic E-state index is 11.5. The van der Waals surface area contributed by atoms with Gasteiger partial charge in [0.15, 0.2) is 0 Å². The van der Waals surface area contributed by atoms with Crippen molar-refractivity contribution in [2.24, 2.45) is 28.6 Å². The van der Waals surface area contributed by atoms with Gasteiger partial charge in [-0.15, -0.1) is 0 Å². The number of nitrogens with zero attached hydrogens (tertiary/aromatic N) is 2. The lowest BCUT2D eigenvalue weighted by atomic mass is 9.46. The summed E-state index contributed by atoms with van der Waals surface area (Å²) in [5, 5.41) is 20.7. The molecule has 0 saturated heterocycles. The van der Waals surface area contributed by atoms with Crippen molar-refractivity contribution < 1.29 is 19.6 Å². The van der Waals surface area contributed by atoms with Gasteiger partial charge in [0, 0.05) is 30.1 Å². The summed E-state index contributed by atoms with van der Waals surface area (Å²) in [5.74, 6) is 2.08. The molecular weight excluding hydrogens is 480 g/mol. The van der Waals surface area contributed by atoms with E-state index in [0.29, 0.717) is 23.3 Å². The van der Waals surface area contributed by atoms with E-state index in [4.69, 9.17) is 4.74 Å². The molecule has 198 valence electrons. The average Bonchev–Trinajstić information content (AvgIpc) is 3.26. The van der Waals surface area contributed by atoms with E-state index in [1.54, 1.807) is 0 Å². The Labute approximate surface area is 222 Å². The van der Waals surface area contributed by atoms with Crippen LogP contribution in [0.15, 0.2) is 60.5 Å². The van der Waals surface area contributed by atoms with Crippen molar-refractivity contribution in [3.8, 4) is 5.75 Å². The predicted octanol–water partition coefficient (Wildman–Crippen LogP) is 7.79. The highest BCUT2D eigenvalue weighted by Gasteiger charge is 2.57. The van der Waals surface area contributed by atoms with Crippen molar-refractivity contribution >= 4 is 17.4 Å². The lowest BCUT2D eigenvalue weighted by molar-refractivity contribution is -0.385. The molecule has 1 N–H and O–H groups in total. The highest BCUT2D eigenvalue weighted by Crippen LogP contribution is 2.67. The van der Waals surface area contributed by atoms with Crippen LogP contribution in [-0.4, -0.2) is 21.2 Å². The fraction of sp³-hybridized carbons (Fsp3) is 0.484. The first kappa shape index (κ1) is 24.8. The average molecular weight is 515 g/mol. The van der Waals surface area contributed by atoms with Crippen molar-refractivity contribution in [2.45, 2.75) is 64.7 Å². The van der Waals surface area contributed by atoms with Crippen LogP contribution in [0.2, 0.25) is 0 Å². The molecule has 1 aromatic carbocycles. The second-order valence-corrected chi connectivity index (χ2v) is 12.1. The van der Waals surface area contributed by atoms with Crippen LogP contribution in [0.1, 0.15) is 75.8 Å². The summed E-state index contributed by atoms with van der Waals surface area (Å²) in [6.45, 7) is 4.89. The van der Waals surface area contributed by atoms with E-state index in [2.05, 4.69) is 37.0 Å². The van der Waals surface area contributed by atoms with Crippen LogP contribution in [0.4, 0.5) is 10.5 Å². The van der Waals surface area contributed by atoms with Gasteiger partial charge in [0.1, 0.15) is 5.75 Å². The summed E-state index contributed by atoms with van der Waals surface area (Å²) in [6.07, 6.45) is 14.5. The van der Waals surface area contributed by atoms with Gasteiger partial charge in [-0.25, -0.2) is 4.79 Å². The number of hydrogen-bond acceptors (Lipinski definition) is 5. The standard InChI is InChI=1S/C31H34N2O5/c1-30-13-11-19(24-17-22(33(36)37)6-10-28(24)38-29(34)35)16-21(30)5-7-23-26-9-8-25(20-4-3-15-32-18-20)31(26,2)14-12-27(23)30/h3-6,8,10,15,17-19,23,26-27H,7,9,11-14,16H2,1-2H3,(H,34,35)/t19-,23-,26-,27-,30-,31+/m0/s1. The molecule has 6 atom stereocenters. The van der Waals surface area contributed by atoms with Crippen molar-refractivity contribution in [1.29, 1.82) is 0 Å². The van der Waals surface area contributed by atoms with Crippen LogP contribution in [0, 0.1) is 38.7 Å². The van der Waals surface area contributed by atoms with E-state index in [9.17, 15) is 20.0 Å². The SMILES string of the molecule is C[C@]12CC[C@H](c3cc([N+](=O)[O-])ccc3OC(=O)O)CC1=CC[C@@H]1[C@@H]2CC[C@]2(C)C(c3cccnc3)=CC[C@@H]12. The zero-order valence-electron chi connectivity index (χ0n) is 21.9. The number of fused-ring (bicyclic) bond motifs is 5. The largest absolute Gasteiger partial charge is 0.511 e. The quantitative estimate of drug-likeness (QED) is 0.147. The Kier molecular flexibility index (Phi) is 5.93. The molecule has 1 aromatic heterocycles. The lowest BCUT2D eigenvalue weighted by Crippen LogP contribution is -2.49. The smallest absolute Gasteiger partial charge is 0.449 e. The number of pyridine rings is 1. The maximum absolute atomic E-state index is 11.5. The first-order valence-electron chi connectivity index (χ1n) is 13.7. The molecule has 0 unspecified atom stereocenters. The highest BCUT2D eigenvalue weighted by molar-refractivity contribution is 5.72. The molecule has 2 saturated carbocycles. The van der Waals surface area contributed by atoms with E-state index in [0.717, 1.165) is 32.1 Å². The number of allylic oxidation sites excluding steroid dienone is 4. The van der Waals surface area contributed by atoms with Crippen molar-refractivity contribution in [1.82, 2.24) is 4.98 Å². The van der Waals surface area contributed by atoms with Gasteiger partial charge in [-0.1, -0.05) is 37.6 Å². The maximum Gasteiger partial charge on any atom is 0.511 e. The van der Waals surface area contributed by atoms with Crippen LogP contribution in [0.3, 0.4) is 0 Å². The number of rotatable bonds is 4. The fourth-order valence-corrected chi connectivity index (χ4v) is 8.62. The zero-order chi connectivity index (χ0) is 26.7. The molecule has 0 spiro atoms. The lowest BCUT2D eigenvalue weighted by Gasteiger charge is -2.58. The van der Waals surface area contributed by atoms with Gasteiger partial charge in [-0.3, -0.25) is 15.1 Å². The number of carboxylic acid groups (broad SMARTS) is 1. The Morgan fingerprint density at radius 3 is 2.66 bits per heavy atom. The number of nitro groups is 1. The molecule has 1 heterocycles. The van der Waals surface area contributed by atoms with Crippen LogP contribution < -0.4 is 4.74 Å². The zero-order valence-corrected chi connectivity index (χ0v) is 21.9. The van der Waals surface area contributed by atoms with Crippen LogP contribution >= 0.6 is 0 Å². The van der Waals surface area contributed by atoms with E-state index in [-0.39, 0.29) is 28.2 Å². The summed E-state index contributed by atoms with van der Waals surface area (Å²) in [6, 6.07) is 8.47. The minimum Gasteiger partial charge on any atom is -0.449 e. The molecule has 4 aliphatic carbocycles. The van der Waals surface area contributed by atoms with Crippen LogP contribution in [0.5, 0.6) is 5.75 Å². The fourth-order valence-electron chi connectivity index (χ4n) is 8.62. The molecule has 4 aliphatic rings. The third-order valence-corrected chi connectivity index (χ3v) is 10.5. The molecule has 2 aromatic rings. The monoisotopic (exact) mass is 514 g/mol. The highest BCUT2D eigenvalue weighted by atomic mass is 16.7. The van der Waals surface area contributed by atoms with Crippen molar-refractivity contribution in [2.75, 3.05) is 0 Å². The molecule has 0 amide bonds. The van der Waals surface area contributed by atoms with E-state index < -0.39 is 11.1 Å². The number of hydrogen-bond donors (Lipinski definition) is 1. The molecule has 0 radical (unpaired) electrons. The Bertz CT molecular complexity index is 1350. The number of benzene rings is 1. The summed E-state index contributed by atoms with van der Waals surface area (Å²) in [5.41, 5.74) is 5.03. The second-order valence-electron chi connectivity index (χ2n) is 12.1. The second kappa shape index (κ2) is 9.07. The van der Waals surface area contributed by atoms with E-state index in [1.807, 2.05) is 18.5 Å². The number of carbonyl (C=O) groups is 1. The number of ether oxygens (including phenoxy) is 1. The van der Waals surface area contributed by atoms with Gasteiger partial charge in [0.05, 0.1) is 4.92 Å². The number of nitro benzene ring substituents is 1. The van der Waals surface area contributed by atoms with Gasteiger partial charge >= 0.3 is 6.16 Å². The topological polar surface area (TPSA) is 103 Å². The summed E-state index contributed by atoms with van der Waals surface area (Å²) in [7, 11) is 0. The van der Waals surface area contributed by atoms with E-state index >= 15 is 0 Å². The molecule has 6 rings (SSSR count).